The number of hydrogen-bond acceptors (Lipinski definition) is 7. The summed E-state index contributed by atoms with van der Waals surface area (Å²) in [6, 6.07) is 23.5. The Hall–Kier alpha value is -3.91. The summed E-state index contributed by atoms with van der Waals surface area (Å²) in [4.78, 5) is 19.8. The Labute approximate surface area is 220 Å². The predicted molar refractivity (Wildman–Crippen MR) is 146 cm³/mol. The largest absolute Gasteiger partial charge is 0.497 e. The summed E-state index contributed by atoms with van der Waals surface area (Å²) in [6.07, 6.45) is 2.41. The van der Waals surface area contributed by atoms with Gasteiger partial charge in [-0.25, -0.2) is 4.98 Å². The maximum atomic E-state index is 13.0. The van der Waals surface area contributed by atoms with E-state index in [0.717, 1.165) is 53.4 Å². The fourth-order valence-electron chi connectivity index (χ4n) is 4.42. The molecule has 2 heterocycles. The molecule has 0 bridgehead atoms. The molecule has 188 valence electrons. The van der Waals surface area contributed by atoms with E-state index < -0.39 is 0 Å². The lowest BCUT2D eigenvalue weighted by molar-refractivity contribution is -0.118. The number of benzene rings is 3. The van der Waals surface area contributed by atoms with Gasteiger partial charge in [0.05, 0.1) is 14.2 Å². The highest BCUT2D eigenvalue weighted by molar-refractivity contribution is 7.99. The van der Waals surface area contributed by atoms with Crippen molar-refractivity contribution in [2.75, 3.05) is 31.4 Å². The number of nitrogens with zero attached hydrogens (tertiary/aromatic N) is 4. The van der Waals surface area contributed by atoms with Crippen molar-refractivity contribution in [1.29, 1.82) is 0 Å². The number of anilines is 1. The zero-order valence-electron chi connectivity index (χ0n) is 20.9. The Morgan fingerprint density at radius 3 is 2.19 bits per heavy atom. The van der Waals surface area contributed by atoms with Crippen LogP contribution < -0.4 is 14.4 Å². The zero-order chi connectivity index (χ0) is 25.6. The minimum Gasteiger partial charge on any atom is -0.497 e. The van der Waals surface area contributed by atoms with Crippen LogP contribution in [0.5, 0.6) is 11.5 Å². The van der Waals surface area contributed by atoms with Gasteiger partial charge in [0.25, 0.3) is 0 Å². The molecule has 37 heavy (non-hydrogen) atoms. The number of thioether (sulfide) groups is 1. The molecule has 0 N–H and O–H groups in total. The number of carbonyl (C=O) groups is 1. The third-order valence-corrected chi connectivity index (χ3v) is 7.19. The Balaban J connectivity index is 1.35. The molecule has 3 aromatic carbocycles. The molecule has 8 heteroatoms. The van der Waals surface area contributed by atoms with Crippen LogP contribution in [0.1, 0.15) is 18.4 Å². The van der Waals surface area contributed by atoms with Crippen LogP contribution in [0, 0.1) is 0 Å². The van der Waals surface area contributed by atoms with Gasteiger partial charge in [-0.2, -0.15) is 0 Å². The molecule has 0 radical (unpaired) electrons. The molecule has 5 rings (SSSR count). The predicted octanol–water partition coefficient (Wildman–Crippen LogP) is 5.68. The van der Waals surface area contributed by atoms with Gasteiger partial charge in [0.15, 0.2) is 0 Å². The molecule has 1 aromatic heterocycles. The van der Waals surface area contributed by atoms with Crippen molar-refractivity contribution >= 4 is 23.4 Å². The normalized spacial score (nSPS) is 12.6. The molecule has 0 spiro atoms. The van der Waals surface area contributed by atoms with Gasteiger partial charge in [0.2, 0.25) is 11.1 Å². The quantitative estimate of drug-likeness (QED) is 0.281. The molecule has 0 unspecified atom stereocenters. The smallest absolute Gasteiger partial charge is 0.227 e. The fourth-order valence-corrected chi connectivity index (χ4v) is 5.14. The second-order valence-electron chi connectivity index (χ2n) is 8.62. The number of para-hydroxylation sites is 1. The monoisotopic (exact) mass is 512 g/mol. The first-order chi connectivity index (χ1) is 18.2. The van der Waals surface area contributed by atoms with Crippen molar-refractivity contribution in [2.45, 2.75) is 24.4 Å². The fraction of sp³-hybridized carbons (Fsp3) is 0.241. The molecule has 0 saturated heterocycles. The molecule has 4 aromatic rings. The topological polar surface area (TPSA) is 77.4 Å². The number of aromatic nitrogens is 3. The van der Waals surface area contributed by atoms with E-state index in [4.69, 9.17) is 14.5 Å². The van der Waals surface area contributed by atoms with Crippen LogP contribution in [0.3, 0.4) is 0 Å². The first-order valence-electron chi connectivity index (χ1n) is 12.2. The van der Waals surface area contributed by atoms with Crippen molar-refractivity contribution in [3.8, 4) is 34.0 Å². The Bertz CT molecular complexity index is 1380. The second-order valence-corrected chi connectivity index (χ2v) is 9.69. The van der Waals surface area contributed by atoms with E-state index in [1.54, 1.807) is 14.2 Å². The number of fused-ring (bicyclic) bond motifs is 1. The van der Waals surface area contributed by atoms with Gasteiger partial charge in [-0.1, -0.05) is 30.0 Å². The Morgan fingerprint density at radius 2 is 1.51 bits per heavy atom. The molecule has 1 amide bonds. The van der Waals surface area contributed by atoms with Gasteiger partial charge in [-0.15, -0.1) is 10.2 Å². The highest BCUT2D eigenvalue weighted by Gasteiger charge is 2.22. The van der Waals surface area contributed by atoms with Crippen LogP contribution in [0.25, 0.3) is 22.5 Å². The summed E-state index contributed by atoms with van der Waals surface area (Å²) >= 11 is 1.44. The Kier molecular flexibility index (Phi) is 7.65. The number of carbonyl (C=O) groups excluding carboxylic acids is 1. The summed E-state index contributed by atoms with van der Waals surface area (Å²) in [5.41, 5.74) is 5.47. The van der Waals surface area contributed by atoms with E-state index in [-0.39, 0.29) is 5.91 Å². The maximum absolute atomic E-state index is 13.0. The molecule has 1 aliphatic heterocycles. The number of aryl methyl sites for hydroxylation is 1. The van der Waals surface area contributed by atoms with Gasteiger partial charge >= 0.3 is 0 Å². The van der Waals surface area contributed by atoms with Crippen molar-refractivity contribution in [3.05, 3.63) is 78.4 Å². The van der Waals surface area contributed by atoms with Crippen molar-refractivity contribution in [1.82, 2.24) is 15.2 Å². The van der Waals surface area contributed by atoms with Crippen LogP contribution in [0.4, 0.5) is 5.69 Å². The number of hydrogen-bond donors (Lipinski definition) is 0. The summed E-state index contributed by atoms with van der Waals surface area (Å²) in [7, 11) is 3.28. The summed E-state index contributed by atoms with van der Waals surface area (Å²) < 4.78 is 10.6. The standard InChI is InChI=1S/C29H28N4O3S/c1-35-23-13-9-21(10-14-23)27-28(22-11-15-24(36-2)16-12-22)31-32-29(30-27)37-19-17-26(34)33-18-5-7-20-6-3-4-8-25(20)33/h3-4,6,8-16H,5,7,17-19H2,1-2H3. The van der Waals surface area contributed by atoms with Crippen molar-refractivity contribution in [3.63, 3.8) is 0 Å². The SMILES string of the molecule is COc1ccc(-c2nnc(SCCC(=O)N3CCCc4ccccc43)nc2-c2ccc(OC)cc2)cc1. The third kappa shape index (κ3) is 5.59. The zero-order valence-corrected chi connectivity index (χ0v) is 21.7. The van der Waals surface area contributed by atoms with E-state index in [0.29, 0.717) is 23.0 Å². The van der Waals surface area contributed by atoms with Crippen LogP contribution in [0.2, 0.25) is 0 Å². The highest BCUT2D eigenvalue weighted by atomic mass is 32.2. The van der Waals surface area contributed by atoms with Crippen LogP contribution in [-0.4, -0.2) is 47.6 Å². The average Bonchev–Trinajstić information content (AvgIpc) is 2.97. The van der Waals surface area contributed by atoms with E-state index in [1.807, 2.05) is 71.6 Å². The molecule has 0 aliphatic carbocycles. The molecular formula is C29H28N4O3S. The molecule has 1 aliphatic rings. The van der Waals surface area contributed by atoms with Gasteiger partial charge in [0, 0.05) is 35.5 Å². The molecular weight excluding hydrogens is 484 g/mol. The summed E-state index contributed by atoms with van der Waals surface area (Å²) in [5.74, 6) is 2.23. The number of rotatable bonds is 8. The molecule has 0 fully saturated rings. The Morgan fingerprint density at radius 1 is 0.865 bits per heavy atom. The van der Waals surface area contributed by atoms with E-state index in [1.165, 1.54) is 17.3 Å². The third-order valence-electron chi connectivity index (χ3n) is 6.35. The van der Waals surface area contributed by atoms with Crippen molar-refractivity contribution < 1.29 is 14.3 Å². The average molecular weight is 513 g/mol. The van der Waals surface area contributed by atoms with Gasteiger partial charge in [0.1, 0.15) is 22.9 Å². The number of methoxy groups -OCH3 is 2. The number of ether oxygens (including phenoxy) is 2. The molecule has 0 saturated carbocycles. The minimum atomic E-state index is 0.123. The van der Waals surface area contributed by atoms with Crippen LogP contribution >= 0.6 is 11.8 Å². The first-order valence-corrected chi connectivity index (χ1v) is 13.2. The van der Waals surface area contributed by atoms with Crippen molar-refractivity contribution in [2.24, 2.45) is 0 Å². The second kappa shape index (κ2) is 11.4. The first kappa shape index (κ1) is 24.8. The van der Waals surface area contributed by atoms with Gasteiger partial charge < -0.3 is 14.4 Å². The lowest BCUT2D eigenvalue weighted by atomic mass is 10.0. The van der Waals surface area contributed by atoms with Gasteiger partial charge in [-0.3, -0.25) is 4.79 Å². The summed E-state index contributed by atoms with van der Waals surface area (Å²) in [6.45, 7) is 0.761. The maximum Gasteiger partial charge on any atom is 0.227 e. The minimum absolute atomic E-state index is 0.123. The van der Waals surface area contributed by atoms with E-state index in [2.05, 4.69) is 16.3 Å². The number of amides is 1. The van der Waals surface area contributed by atoms with E-state index >= 15 is 0 Å². The molecule has 7 nitrogen and oxygen atoms in total. The van der Waals surface area contributed by atoms with Gasteiger partial charge in [-0.05, 0) is 73.0 Å². The molecule has 0 atom stereocenters. The highest BCUT2D eigenvalue weighted by Crippen LogP contribution is 2.32. The van der Waals surface area contributed by atoms with E-state index in [9.17, 15) is 4.79 Å². The lowest BCUT2D eigenvalue weighted by Crippen LogP contribution is -2.35. The summed E-state index contributed by atoms with van der Waals surface area (Å²) in [5, 5.41) is 9.46. The lowest BCUT2D eigenvalue weighted by Gasteiger charge is -2.29. The van der Waals surface area contributed by atoms with Crippen LogP contribution in [-0.2, 0) is 11.2 Å². The van der Waals surface area contributed by atoms with Crippen LogP contribution in [0.15, 0.2) is 78.0 Å².